The molecule has 2 heterocycles. The van der Waals surface area contributed by atoms with Gasteiger partial charge >= 0.3 is 0 Å². The highest BCUT2D eigenvalue weighted by atomic mass is 16.5. The molecule has 0 bridgehead atoms. The van der Waals surface area contributed by atoms with Gasteiger partial charge in [0.15, 0.2) is 5.78 Å². The van der Waals surface area contributed by atoms with E-state index >= 15 is 0 Å². The van der Waals surface area contributed by atoms with Crippen LogP contribution in [0.5, 0.6) is 11.6 Å². The Labute approximate surface area is 139 Å². The van der Waals surface area contributed by atoms with Gasteiger partial charge in [0, 0.05) is 23.2 Å². The summed E-state index contributed by atoms with van der Waals surface area (Å²) in [6.45, 7) is 0. The smallest absolute Gasteiger partial charge is 0.213 e. The van der Waals surface area contributed by atoms with Crippen LogP contribution in [0.4, 0.5) is 0 Å². The number of hydrogen-bond acceptors (Lipinski definition) is 5. The molecule has 5 heteroatoms. The van der Waals surface area contributed by atoms with Crippen molar-refractivity contribution >= 4 is 22.8 Å². The van der Waals surface area contributed by atoms with E-state index in [2.05, 4.69) is 9.97 Å². The second-order valence-electron chi connectivity index (χ2n) is 5.08. The summed E-state index contributed by atoms with van der Waals surface area (Å²) in [5.74, 6) is 1.06. The van der Waals surface area contributed by atoms with Crippen LogP contribution in [0.1, 0.15) is 16.1 Å². The Hall–Kier alpha value is -3.21. The summed E-state index contributed by atoms with van der Waals surface area (Å²) in [5.41, 5.74) is 2.07. The molecule has 0 atom stereocenters. The van der Waals surface area contributed by atoms with E-state index < -0.39 is 0 Å². The molecule has 2 aromatic heterocycles. The van der Waals surface area contributed by atoms with Crippen molar-refractivity contribution in [2.45, 2.75) is 0 Å². The minimum Gasteiger partial charge on any atom is -0.497 e. The number of ether oxygens (including phenoxy) is 2. The third kappa shape index (κ3) is 3.41. The zero-order valence-corrected chi connectivity index (χ0v) is 13.4. The van der Waals surface area contributed by atoms with E-state index in [4.69, 9.17) is 9.47 Å². The average Bonchev–Trinajstić information content (AvgIpc) is 2.65. The second-order valence-corrected chi connectivity index (χ2v) is 5.08. The number of nitrogens with zero attached hydrogens (tertiary/aromatic N) is 2. The summed E-state index contributed by atoms with van der Waals surface area (Å²) in [7, 11) is 3.14. The first-order chi connectivity index (χ1) is 11.7. The quantitative estimate of drug-likeness (QED) is 0.531. The zero-order valence-electron chi connectivity index (χ0n) is 13.4. The van der Waals surface area contributed by atoms with Gasteiger partial charge in [-0.2, -0.15) is 0 Å². The molecule has 0 amide bonds. The predicted molar refractivity (Wildman–Crippen MR) is 92.4 cm³/mol. The highest BCUT2D eigenvalue weighted by Gasteiger charge is 2.04. The Kier molecular flexibility index (Phi) is 4.52. The molecule has 0 aliphatic carbocycles. The van der Waals surface area contributed by atoms with Crippen LogP contribution < -0.4 is 9.47 Å². The molecule has 3 rings (SSSR count). The number of benzene rings is 1. The number of allylic oxidation sites excluding steroid dienone is 1. The molecule has 0 N–H and O–H groups in total. The molecular formula is C19H16N2O3. The number of methoxy groups -OCH3 is 2. The number of fused-ring (bicyclic) bond motifs is 1. The Balaban J connectivity index is 1.83. The van der Waals surface area contributed by atoms with Crippen molar-refractivity contribution in [3.05, 3.63) is 66.0 Å². The lowest BCUT2D eigenvalue weighted by Crippen LogP contribution is -1.96. The van der Waals surface area contributed by atoms with Gasteiger partial charge in [0.25, 0.3) is 0 Å². The van der Waals surface area contributed by atoms with Crippen molar-refractivity contribution in [1.82, 2.24) is 9.97 Å². The molecule has 0 saturated heterocycles. The molecule has 120 valence electrons. The van der Waals surface area contributed by atoms with Gasteiger partial charge in [-0.25, -0.2) is 9.97 Å². The van der Waals surface area contributed by atoms with Crippen LogP contribution in [-0.2, 0) is 0 Å². The van der Waals surface area contributed by atoms with Crippen molar-refractivity contribution < 1.29 is 14.3 Å². The van der Waals surface area contributed by atoms with Crippen molar-refractivity contribution in [2.24, 2.45) is 0 Å². The summed E-state index contributed by atoms with van der Waals surface area (Å²) >= 11 is 0. The van der Waals surface area contributed by atoms with Crippen molar-refractivity contribution in [3.8, 4) is 11.6 Å². The van der Waals surface area contributed by atoms with Gasteiger partial charge in [-0.1, -0.05) is 6.07 Å². The topological polar surface area (TPSA) is 61.3 Å². The normalized spacial score (nSPS) is 10.9. The fourth-order valence-corrected chi connectivity index (χ4v) is 2.27. The van der Waals surface area contributed by atoms with E-state index in [9.17, 15) is 4.79 Å². The molecule has 5 nitrogen and oxygen atoms in total. The summed E-state index contributed by atoms with van der Waals surface area (Å²) < 4.78 is 10.2. The number of carbonyl (C=O) groups is 1. The molecule has 0 aliphatic heterocycles. The monoisotopic (exact) mass is 320 g/mol. The molecule has 3 aromatic rings. The van der Waals surface area contributed by atoms with Crippen molar-refractivity contribution in [3.63, 3.8) is 0 Å². The zero-order chi connectivity index (χ0) is 16.9. The number of ketones is 1. The van der Waals surface area contributed by atoms with Gasteiger partial charge < -0.3 is 9.47 Å². The first-order valence-corrected chi connectivity index (χ1v) is 7.37. The van der Waals surface area contributed by atoms with E-state index in [-0.39, 0.29) is 5.78 Å². The van der Waals surface area contributed by atoms with Crippen molar-refractivity contribution in [1.29, 1.82) is 0 Å². The number of rotatable bonds is 5. The highest BCUT2D eigenvalue weighted by Crippen LogP contribution is 2.20. The molecule has 0 spiro atoms. The minimum atomic E-state index is -0.132. The van der Waals surface area contributed by atoms with E-state index in [1.54, 1.807) is 31.5 Å². The Morgan fingerprint density at radius 3 is 2.71 bits per heavy atom. The number of aromatic nitrogens is 2. The maximum atomic E-state index is 12.2. The Morgan fingerprint density at radius 2 is 1.92 bits per heavy atom. The third-order valence-electron chi connectivity index (χ3n) is 3.55. The summed E-state index contributed by atoms with van der Waals surface area (Å²) in [4.78, 5) is 20.7. The number of pyridine rings is 2. The number of hydrogen-bond donors (Lipinski definition) is 0. The average molecular weight is 320 g/mol. The van der Waals surface area contributed by atoms with Crippen LogP contribution in [0, 0.1) is 0 Å². The Morgan fingerprint density at radius 1 is 1.04 bits per heavy atom. The van der Waals surface area contributed by atoms with Crippen LogP contribution in [0.15, 0.2) is 54.7 Å². The minimum absolute atomic E-state index is 0.132. The van der Waals surface area contributed by atoms with E-state index in [1.165, 1.54) is 13.2 Å². The second kappa shape index (κ2) is 6.91. The maximum Gasteiger partial charge on any atom is 0.213 e. The van der Waals surface area contributed by atoms with E-state index in [1.807, 2.05) is 30.3 Å². The molecule has 0 saturated carbocycles. The fourth-order valence-electron chi connectivity index (χ4n) is 2.27. The van der Waals surface area contributed by atoms with Crippen LogP contribution in [0.3, 0.4) is 0 Å². The molecule has 1 aromatic carbocycles. The van der Waals surface area contributed by atoms with Gasteiger partial charge in [-0.05, 0) is 42.5 Å². The molecule has 0 unspecified atom stereocenters. The first kappa shape index (κ1) is 15.7. The summed E-state index contributed by atoms with van der Waals surface area (Å²) in [6, 6.07) is 12.7. The first-order valence-electron chi connectivity index (χ1n) is 7.37. The van der Waals surface area contributed by atoms with Crippen molar-refractivity contribution in [2.75, 3.05) is 14.2 Å². The van der Waals surface area contributed by atoms with Gasteiger partial charge in [0.1, 0.15) is 5.75 Å². The molecule has 0 radical (unpaired) electrons. The summed E-state index contributed by atoms with van der Waals surface area (Å²) in [5, 5.41) is 0.983. The van der Waals surface area contributed by atoms with Crippen LogP contribution in [-0.4, -0.2) is 30.0 Å². The predicted octanol–water partition coefficient (Wildman–Crippen LogP) is 3.54. The highest BCUT2D eigenvalue weighted by molar-refractivity contribution is 6.06. The largest absolute Gasteiger partial charge is 0.497 e. The standard InChI is InChI=1S/C19H16N2O3/c1-23-16-6-7-17-13(11-16)3-4-15(21-17)5-8-18(22)14-9-10-20-19(12-14)24-2/h3-12H,1-2H3. The summed E-state index contributed by atoms with van der Waals surface area (Å²) in [6.07, 6.45) is 4.73. The maximum absolute atomic E-state index is 12.2. The number of carbonyl (C=O) groups excluding carboxylic acids is 1. The van der Waals surface area contributed by atoms with Gasteiger partial charge in [0.2, 0.25) is 5.88 Å². The molecule has 24 heavy (non-hydrogen) atoms. The molecule has 0 aliphatic rings. The van der Waals surface area contributed by atoms with Crippen LogP contribution >= 0.6 is 0 Å². The van der Waals surface area contributed by atoms with Gasteiger partial charge in [0.05, 0.1) is 25.4 Å². The lowest BCUT2D eigenvalue weighted by molar-refractivity contribution is 0.104. The van der Waals surface area contributed by atoms with Gasteiger partial charge in [-0.15, -0.1) is 0 Å². The van der Waals surface area contributed by atoms with E-state index in [0.29, 0.717) is 17.1 Å². The van der Waals surface area contributed by atoms with Crippen LogP contribution in [0.2, 0.25) is 0 Å². The van der Waals surface area contributed by atoms with E-state index in [0.717, 1.165) is 16.7 Å². The molecule has 0 fully saturated rings. The lowest BCUT2D eigenvalue weighted by Gasteiger charge is -2.03. The lowest BCUT2D eigenvalue weighted by atomic mass is 10.1. The van der Waals surface area contributed by atoms with Gasteiger partial charge in [-0.3, -0.25) is 4.79 Å². The fraction of sp³-hybridized carbons (Fsp3) is 0.105. The SMILES string of the molecule is COc1ccc2nc(C=CC(=O)c3ccnc(OC)c3)ccc2c1. The third-order valence-corrected chi connectivity index (χ3v) is 3.55. The Bertz CT molecular complexity index is 919. The van der Waals surface area contributed by atoms with Crippen LogP contribution in [0.25, 0.3) is 17.0 Å². The molecular weight excluding hydrogens is 304 g/mol.